The minimum atomic E-state index is 0.655. The molecule has 0 bridgehead atoms. The maximum absolute atomic E-state index is 5.63. The van der Waals surface area contributed by atoms with Gasteiger partial charge in [-0.25, -0.2) is 0 Å². The summed E-state index contributed by atoms with van der Waals surface area (Å²) >= 11 is 0. The first-order valence-electron chi connectivity index (χ1n) is 5.72. The van der Waals surface area contributed by atoms with E-state index in [1.54, 1.807) is 0 Å². The van der Waals surface area contributed by atoms with E-state index in [9.17, 15) is 0 Å². The fraction of sp³-hybridized carbons (Fsp3) is 0.667. The topological polar surface area (TPSA) is 30.9 Å². The number of nitrogens with two attached hydrogens (primary N) is 1. The molecule has 80 valence electrons. The summed E-state index contributed by atoms with van der Waals surface area (Å²) < 4.78 is 2.27. The van der Waals surface area contributed by atoms with Crippen molar-refractivity contribution in [1.29, 1.82) is 0 Å². The Morgan fingerprint density at radius 2 is 2.00 bits per heavy atom. The molecule has 0 saturated carbocycles. The van der Waals surface area contributed by atoms with Crippen molar-refractivity contribution >= 4 is 0 Å². The van der Waals surface area contributed by atoms with E-state index < -0.39 is 0 Å². The zero-order valence-electron chi connectivity index (χ0n) is 9.21. The second-order valence-electron chi connectivity index (χ2n) is 3.81. The Hall–Kier alpha value is -0.760. The third kappa shape index (κ3) is 3.54. The van der Waals surface area contributed by atoms with Crippen LogP contribution in [-0.2, 0) is 13.1 Å². The van der Waals surface area contributed by atoms with Crippen LogP contribution < -0.4 is 5.73 Å². The van der Waals surface area contributed by atoms with Gasteiger partial charge >= 0.3 is 0 Å². The van der Waals surface area contributed by atoms with Crippen molar-refractivity contribution in [2.75, 3.05) is 0 Å². The van der Waals surface area contributed by atoms with E-state index in [2.05, 4.69) is 29.8 Å². The molecule has 0 fully saturated rings. The van der Waals surface area contributed by atoms with Gasteiger partial charge in [-0.2, -0.15) is 0 Å². The van der Waals surface area contributed by atoms with Crippen LogP contribution in [0.1, 0.15) is 44.7 Å². The molecule has 1 aromatic rings. The minimum absolute atomic E-state index is 0.655. The number of hydrogen-bond donors (Lipinski definition) is 1. The van der Waals surface area contributed by atoms with Crippen LogP contribution in [0.4, 0.5) is 0 Å². The van der Waals surface area contributed by atoms with Crippen molar-refractivity contribution in [2.45, 2.75) is 52.1 Å². The van der Waals surface area contributed by atoms with Crippen molar-refractivity contribution in [2.24, 2.45) is 5.73 Å². The molecule has 0 atom stereocenters. The fourth-order valence-corrected chi connectivity index (χ4v) is 1.74. The lowest BCUT2D eigenvalue weighted by atomic mass is 10.1. The molecule has 0 spiro atoms. The first-order chi connectivity index (χ1) is 6.88. The fourth-order valence-electron chi connectivity index (χ4n) is 1.74. The van der Waals surface area contributed by atoms with E-state index in [1.165, 1.54) is 37.8 Å². The Bertz CT molecular complexity index is 240. The van der Waals surface area contributed by atoms with Crippen LogP contribution in [0.2, 0.25) is 0 Å². The smallest absolute Gasteiger partial charge is 0.0334 e. The van der Waals surface area contributed by atoms with E-state index in [1.807, 2.05) is 0 Å². The maximum Gasteiger partial charge on any atom is 0.0334 e. The quantitative estimate of drug-likeness (QED) is 0.665. The average molecular weight is 194 g/mol. The van der Waals surface area contributed by atoms with Crippen molar-refractivity contribution in [3.05, 3.63) is 24.0 Å². The molecular formula is C12H22N2. The van der Waals surface area contributed by atoms with E-state index in [4.69, 9.17) is 5.73 Å². The second kappa shape index (κ2) is 6.66. The minimum Gasteiger partial charge on any atom is -0.350 e. The lowest BCUT2D eigenvalue weighted by Crippen LogP contribution is -2.06. The van der Waals surface area contributed by atoms with Gasteiger partial charge in [-0.1, -0.05) is 32.6 Å². The van der Waals surface area contributed by atoms with Crippen LogP contribution in [0.5, 0.6) is 0 Å². The number of hydrogen-bond acceptors (Lipinski definition) is 1. The number of nitrogens with zero attached hydrogens (tertiary/aromatic N) is 1. The normalized spacial score (nSPS) is 10.7. The molecule has 0 aliphatic carbocycles. The van der Waals surface area contributed by atoms with Crippen LogP contribution in [0.3, 0.4) is 0 Å². The van der Waals surface area contributed by atoms with E-state index in [0.29, 0.717) is 6.54 Å². The Morgan fingerprint density at radius 1 is 1.21 bits per heavy atom. The van der Waals surface area contributed by atoms with Crippen molar-refractivity contribution < 1.29 is 0 Å². The van der Waals surface area contributed by atoms with Crippen molar-refractivity contribution in [3.8, 4) is 0 Å². The molecule has 2 N–H and O–H groups in total. The highest BCUT2D eigenvalue weighted by molar-refractivity contribution is 5.06. The lowest BCUT2D eigenvalue weighted by molar-refractivity contribution is 0.558. The van der Waals surface area contributed by atoms with Gasteiger partial charge in [0.15, 0.2) is 0 Å². The molecular weight excluding hydrogens is 172 g/mol. The van der Waals surface area contributed by atoms with Gasteiger partial charge in [-0.15, -0.1) is 0 Å². The zero-order chi connectivity index (χ0) is 10.2. The highest BCUT2D eigenvalue weighted by Crippen LogP contribution is 2.07. The Kier molecular flexibility index (Phi) is 5.38. The summed E-state index contributed by atoms with van der Waals surface area (Å²) in [4.78, 5) is 0. The lowest BCUT2D eigenvalue weighted by Gasteiger charge is -2.07. The second-order valence-corrected chi connectivity index (χ2v) is 3.81. The summed E-state index contributed by atoms with van der Waals surface area (Å²) in [5, 5.41) is 0. The molecule has 14 heavy (non-hydrogen) atoms. The molecule has 1 heterocycles. The number of unbranched alkanes of at least 4 members (excludes halogenated alkanes) is 4. The van der Waals surface area contributed by atoms with Crippen LogP contribution in [-0.4, -0.2) is 4.57 Å². The molecule has 1 aromatic heterocycles. The molecule has 0 aliphatic heterocycles. The van der Waals surface area contributed by atoms with Gasteiger partial charge in [0.2, 0.25) is 0 Å². The predicted molar refractivity (Wildman–Crippen MR) is 61.1 cm³/mol. The standard InChI is InChI=1S/C12H22N2/c1-2-3-4-5-6-9-14-10-7-8-12(14)11-13/h7-8,10H,2-6,9,11,13H2,1H3. The van der Waals surface area contributed by atoms with Gasteiger partial charge in [-0.3, -0.25) is 0 Å². The molecule has 2 nitrogen and oxygen atoms in total. The van der Waals surface area contributed by atoms with Gasteiger partial charge in [0.25, 0.3) is 0 Å². The van der Waals surface area contributed by atoms with Crippen molar-refractivity contribution in [3.63, 3.8) is 0 Å². The molecule has 0 radical (unpaired) electrons. The largest absolute Gasteiger partial charge is 0.350 e. The van der Waals surface area contributed by atoms with Crippen molar-refractivity contribution in [1.82, 2.24) is 4.57 Å². The molecule has 0 unspecified atom stereocenters. The molecule has 0 amide bonds. The van der Waals surface area contributed by atoms with E-state index in [0.717, 1.165) is 6.54 Å². The average Bonchev–Trinajstić information content (AvgIpc) is 2.65. The summed E-state index contributed by atoms with van der Waals surface area (Å²) in [5.41, 5.74) is 6.88. The third-order valence-corrected chi connectivity index (χ3v) is 2.64. The summed E-state index contributed by atoms with van der Waals surface area (Å²) in [6, 6.07) is 4.18. The van der Waals surface area contributed by atoms with Crippen LogP contribution in [0, 0.1) is 0 Å². The Balaban J connectivity index is 2.17. The van der Waals surface area contributed by atoms with Gasteiger partial charge < -0.3 is 10.3 Å². The highest BCUT2D eigenvalue weighted by Gasteiger charge is 1.97. The summed E-state index contributed by atoms with van der Waals surface area (Å²) in [6.07, 6.45) is 8.81. The summed E-state index contributed by atoms with van der Waals surface area (Å²) in [6.45, 7) is 4.03. The summed E-state index contributed by atoms with van der Waals surface area (Å²) in [7, 11) is 0. The van der Waals surface area contributed by atoms with Crippen LogP contribution in [0.15, 0.2) is 18.3 Å². The molecule has 2 heteroatoms. The molecule has 0 aromatic carbocycles. The van der Waals surface area contributed by atoms with E-state index in [-0.39, 0.29) is 0 Å². The third-order valence-electron chi connectivity index (χ3n) is 2.64. The highest BCUT2D eigenvalue weighted by atomic mass is 15.0. The zero-order valence-corrected chi connectivity index (χ0v) is 9.21. The Labute approximate surface area is 87.1 Å². The molecule has 0 saturated heterocycles. The van der Waals surface area contributed by atoms with E-state index >= 15 is 0 Å². The molecule has 0 aliphatic rings. The Morgan fingerprint density at radius 3 is 2.71 bits per heavy atom. The monoisotopic (exact) mass is 194 g/mol. The molecule has 1 rings (SSSR count). The number of aromatic nitrogens is 1. The SMILES string of the molecule is CCCCCCCn1cccc1CN. The van der Waals surface area contributed by atoms with Crippen LogP contribution in [0.25, 0.3) is 0 Å². The van der Waals surface area contributed by atoms with Crippen LogP contribution >= 0.6 is 0 Å². The van der Waals surface area contributed by atoms with Gasteiger partial charge in [0.05, 0.1) is 0 Å². The maximum atomic E-state index is 5.63. The predicted octanol–water partition coefficient (Wildman–Crippen LogP) is 2.92. The van der Waals surface area contributed by atoms with Gasteiger partial charge in [-0.05, 0) is 18.6 Å². The van der Waals surface area contributed by atoms with Gasteiger partial charge in [0, 0.05) is 25.0 Å². The number of rotatable bonds is 7. The first-order valence-corrected chi connectivity index (χ1v) is 5.72. The first kappa shape index (κ1) is 11.3. The number of aryl methyl sites for hydroxylation is 1. The summed E-state index contributed by atoms with van der Waals surface area (Å²) in [5.74, 6) is 0. The van der Waals surface area contributed by atoms with Gasteiger partial charge in [0.1, 0.15) is 0 Å².